The molecule has 2 fully saturated rings. The Morgan fingerprint density at radius 2 is 1.97 bits per heavy atom. The van der Waals surface area contributed by atoms with Crippen molar-refractivity contribution in [3.05, 3.63) is 18.0 Å². The number of cyclic esters (lactones) is 1. The van der Waals surface area contributed by atoms with E-state index in [1.165, 1.54) is 6.07 Å². The molecule has 1 amide bonds. The Hall–Kier alpha value is -3.26. The van der Waals surface area contributed by atoms with Gasteiger partial charge in [-0.2, -0.15) is 18.2 Å². The van der Waals surface area contributed by atoms with Crippen molar-refractivity contribution in [1.29, 1.82) is 0 Å². The molecule has 0 unspecified atom stereocenters. The van der Waals surface area contributed by atoms with Crippen LogP contribution in [0.3, 0.4) is 0 Å². The minimum Gasteiger partial charge on any atom is -0.441 e. The minimum absolute atomic E-state index is 0.0499. The van der Waals surface area contributed by atoms with E-state index in [9.17, 15) is 23.1 Å². The summed E-state index contributed by atoms with van der Waals surface area (Å²) in [5.74, 6) is -0.397. The summed E-state index contributed by atoms with van der Waals surface area (Å²) in [5, 5.41) is 9.27. The summed E-state index contributed by atoms with van der Waals surface area (Å²) < 4.78 is 51.1. The van der Waals surface area contributed by atoms with Crippen molar-refractivity contribution < 1.29 is 32.5 Å². The summed E-state index contributed by atoms with van der Waals surface area (Å²) in [6.07, 6.45) is -5.49. The van der Waals surface area contributed by atoms with Gasteiger partial charge in [0.25, 0.3) is 0 Å². The van der Waals surface area contributed by atoms with E-state index in [-0.39, 0.29) is 18.2 Å². The number of carbonyl (C=O) groups excluding carboxylic acids is 1. The van der Waals surface area contributed by atoms with Crippen LogP contribution in [0.4, 0.5) is 35.7 Å². The number of aromatic nitrogens is 4. The number of nitrogen functional groups attached to an aromatic ring is 1. The smallest absolute Gasteiger partial charge is 0.434 e. The minimum atomic E-state index is -4.81. The van der Waals surface area contributed by atoms with E-state index in [1.807, 2.05) is 0 Å². The zero-order valence-corrected chi connectivity index (χ0v) is 16.0. The third kappa shape index (κ3) is 4.29. The zero-order chi connectivity index (χ0) is 22.2. The lowest BCUT2D eigenvalue weighted by Gasteiger charge is -2.28. The van der Waals surface area contributed by atoms with Gasteiger partial charge in [0.1, 0.15) is 11.9 Å². The number of carbonyl (C=O) groups is 1. The van der Waals surface area contributed by atoms with Crippen LogP contribution in [0.1, 0.15) is 5.69 Å². The maximum atomic E-state index is 13.6. The molecule has 4 heterocycles. The average molecular weight is 441 g/mol. The largest absolute Gasteiger partial charge is 0.441 e. The summed E-state index contributed by atoms with van der Waals surface area (Å²) in [6, 6.07) is 1.36. The number of amides is 1. The summed E-state index contributed by atoms with van der Waals surface area (Å²) >= 11 is 0. The first-order valence-corrected chi connectivity index (χ1v) is 9.27. The Labute approximate surface area is 173 Å². The van der Waals surface area contributed by atoms with Crippen molar-refractivity contribution in [2.75, 3.05) is 55.0 Å². The molecule has 4 rings (SSSR count). The van der Waals surface area contributed by atoms with Crippen molar-refractivity contribution in [2.45, 2.75) is 12.3 Å². The number of anilines is 3. The molecule has 0 spiro atoms. The number of aliphatic hydroxyl groups excluding tert-OH is 1. The van der Waals surface area contributed by atoms with Gasteiger partial charge >= 0.3 is 12.3 Å². The molecule has 0 aromatic carbocycles. The molecule has 2 aromatic rings. The second-order valence-electron chi connectivity index (χ2n) is 6.80. The number of ether oxygens (including phenoxy) is 2. The first-order valence-electron chi connectivity index (χ1n) is 9.27. The molecule has 2 aliphatic rings. The fourth-order valence-corrected chi connectivity index (χ4v) is 3.21. The van der Waals surface area contributed by atoms with Gasteiger partial charge in [-0.3, -0.25) is 0 Å². The van der Waals surface area contributed by atoms with Gasteiger partial charge in [0, 0.05) is 30.9 Å². The summed E-state index contributed by atoms with van der Waals surface area (Å²) in [4.78, 5) is 30.6. The lowest BCUT2D eigenvalue weighted by atomic mass is 10.1. The number of halogens is 3. The number of alkyl halides is 3. The number of morpholine rings is 1. The van der Waals surface area contributed by atoms with Crippen molar-refractivity contribution in [3.63, 3.8) is 0 Å². The van der Waals surface area contributed by atoms with E-state index in [4.69, 9.17) is 15.2 Å². The molecular formula is C17H18F3N7O4. The van der Waals surface area contributed by atoms with E-state index in [0.29, 0.717) is 32.1 Å². The van der Waals surface area contributed by atoms with Crippen LogP contribution in [-0.4, -0.2) is 76.7 Å². The first-order chi connectivity index (χ1) is 14.8. The van der Waals surface area contributed by atoms with Gasteiger partial charge in [-0.05, 0) is 0 Å². The fraction of sp³-hybridized carbons (Fsp3) is 0.471. The standard InChI is InChI=1S/C17H18F3N7O4/c18-17(19,20)13-10(6-22-14(21)25-13)11-5-12(26-1-3-30-4-2-26)24-15(23-11)27-7-9(8-28)31-16(27)29/h5-6,9,28H,1-4,7-8H2,(H2,21,22,25)/t9-/m1/s1. The Bertz CT molecular complexity index is 985. The summed E-state index contributed by atoms with van der Waals surface area (Å²) in [6.45, 7) is 1.25. The molecule has 14 heteroatoms. The zero-order valence-electron chi connectivity index (χ0n) is 16.0. The molecular weight excluding hydrogens is 423 g/mol. The molecule has 2 aliphatic heterocycles. The Morgan fingerprint density at radius 1 is 1.23 bits per heavy atom. The van der Waals surface area contributed by atoms with E-state index < -0.39 is 42.2 Å². The van der Waals surface area contributed by atoms with Crippen LogP contribution >= 0.6 is 0 Å². The third-order valence-electron chi connectivity index (χ3n) is 4.71. The van der Waals surface area contributed by atoms with Gasteiger partial charge in [-0.25, -0.2) is 24.6 Å². The lowest BCUT2D eigenvalue weighted by Crippen LogP contribution is -2.37. The second kappa shape index (κ2) is 8.11. The van der Waals surface area contributed by atoms with Gasteiger partial charge in [-0.1, -0.05) is 0 Å². The molecule has 0 bridgehead atoms. The number of aliphatic hydroxyl groups is 1. The highest BCUT2D eigenvalue weighted by atomic mass is 19.4. The molecule has 11 nitrogen and oxygen atoms in total. The van der Waals surface area contributed by atoms with Crippen LogP contribution in [0.25, 0.3) is 11.3 Å². The molecule has 1 atom stereocenters. The predicted octanol–water partition coefficient (Wildman–Crippen LogP) is 0.689. The SMILES string of the molecule is Nc1ncc(-c2cc(N3CCOCC3)nc(N3C[C@H](CO)OC3=O)n2)c(C(F)(F)F)n1. The van der Waals surface area contributed by atoms with Gasteiger partial charge < -0.3 is 25.2 Å². The van der Waals surface area contributed by atoms with Crippen molar-refractivity contribution in [3.8, 4) is 11.3 Å². The molecule has 2 aromatic heterocycles. The van der Waals surface area contributed by atoms with Crippen LogP contribution in [-0.2, 0) is 15.7 Å². The Morgan fingerprint density at radius 3 is 2.61 bits per heavy atom. The topological polar surface area (TPSA) is 140 Å². The molecule has 31 heavy (non-hydrogen) atoms. The van der Waals surface area contributed by atoms with Crippen molar-refractivity contribution >= 4 is 23.8 Å². The van der Waals surface area contributed by atoms with Gasteiger partial charge in [0.15, 0.2) is 5.69 Å². The van der Waals surface area contributed by atoms with Crippen molar-refractivity contribution in [1.82, 2.24) is 19.9 Å². The van der Waals surface area contributed by atoms with Crippen LogP contribution in [0.2, 0.25) is 0 Å². The molecule has 3 N–H and O–H groups in total. The van der Waals surface area contributed by atoms with Gasteiger partial charge in [-0.15, -0.1) is 0 Å². The second-order valence-corrected chi connectivity index (χ2v) is 6.80. The van der Waals surface area contributed by atoms with E-state index in [2.05, 4.69) is 19.9 Å². The molecule has 2 saturated heterocycles. The monoisotopic (exact) mass is 441 g/mol. The summed E-state index contributed by atoms with van der Waals surface area (Å²) in [7, 11) is 0. The van der Waals surface area contributed by atoms with E-state index >= 15 is 0 Å². The predicted molar refractivity (Wildman–Crippen MR) is 100 cm³/mol. The van der Waals surface area contributed by atoms with Crippen LogP contribution in [0, 0.1) is 0 Å². The van der Waals surface area contributed by atoms with E-state index in [1.54, 1.807) is 4.90 Å². The van der Waals surface area contributed by atoms with Crippen LogP contribution in [0.5, 0.6) is 0 Å². The third-order valence-corrected chi connectivity index (χ3v) is 4.71. The number of rotatable bonds is 4. The van der Waals surface area contributed by atoms with E-state index in [0.717, 1.165) is 11.1 Å². The van der Waals surface area contributed by atoms with Crippen LogP contribution < -0.4 is 15.5 Å². The Balaban J connectivity index is 1.84. The highest BCUT2D eigenvalue weighted by molar-refractivity contribution is 5.88. The molecule has 0 radical (unpaired) electrons. The molecule has 0 saturated carbocycles. The highest BCUT2D eigenvalue weighted by Gasteiger charge is 2.38. The maximum absolute atomic E-state index is 13.6. The first kappa shape index (κ1) is 21.0. The Kier molecular flexibility index (Phi) is 5.49. The number of hydrogen-bond donors (Lipinski definition) is 2. The maximum Gasteiger partial charge on any atom is 0.434 e. The highest BCUT2D eigenvalue weighted by Crippen LogP contribution is 2.36. The molecule has 166 valence electrons. The van der Waals surface area contributed by atoms with Crippen LogP contribution in [0.15, 0.2) is 12.3 Å². The van der Waals surface area contributed by atoms with Gasteiger partial charge in [0.05, 0.1) is 32.1 Å². The molecule has 0 aliphatic carbocycles. The average Bonchev–Trinajstić information content (AvgIpc) is 3.14. The number of hydrogen-bond acceptors (Lipinski definition) is 10. The normalized spacial score (nSPS) is 19.6. The van der Waals surface area contributed by atoms with Crippen molar-refractivity contribution in [2.24, 2.45) is 0 Å². The number of nitrogens with zero attached hydrogens (tertiary/aromatic N) is 6. The lowest BCUT2D eigenvalue weighted by molar-refractivity contribution is -0.140. The quantitative estimate of drug-likeness (QED) is 0.696. The van der Waals surface area contributed by atoms with Gasteiger partial charge in [0.2, 0.25) is 11.9 Å². The summed E-state index contributed by atoms with van der Waals surface area (Å²) in [5.41, 5.74) is 3.55. The fourth-order valence-electron chi connectivity index (χ4n) is 3.21. The number of nitrogens with two attached hydrogens (primary N) is 1.